The summed E-state index contributed by atoms with van der Waals surface area (Å²) in [5, 5.41) is 37.2. The Morgan fingerprint density at radius 1 is 0.688 bits per heavy atom. The van der Waals surface area contributed by atoms with Gasteiger partial charge in [-0.3, -0.25) is 0 Å². The summed E-state index contributed by atoms with van der Waals surface area (Å²) in [6.45, 7) is 0. The van der Waals surface area contributed by atoms with Gasteiger partial charge in [-0.1, -0.05) is 21.6 Å². The molecule has 98 valence electrons. The molecule has 0 spiro atoms. The molecule has 0 rings (SSSR count). The summed E-state index contributed by atoms with van der Waals surface area (Å²) in [6.07, 6.45) is -3.29. The highest BCUT2D eigenvalue weighted by Gasteiger charge is 2.17. The molecule has 4 N–H and O–H groups in total. The Hall–Kier alpha value is 1.24. The Bertz CT molecular complexity index is 156. The van der Waals surface area contributed by atoms with E-state index in [0.29, 0.717) is 11.5 Å². The van der Waals surface area contributed by atoms with E-state index in [9.17, 15) is 20.4 Å². The normalized spacial score (nSPS) is 19.1. The maximum Gasteiger partial charge on any atom is 0.0905 e. The lowest BCUT2D eigenvalue weighted by Crippen LogP contribution is -2.30. The summed E-state index contributed by atoms with van der Waals surface area (Å²) in [4.78, 5) is 0. The minimum absolute atomic E-state index is 0.216. The van der Waals surface area contributed by atoms with Crippen molar-refractivity contribution >= 4 is 46.8 Å². The molecule has 0 aliphatic carbocycles. The maximum absolute atomic E-state index is 9.38. The fraction of sp³-hybridized carbons (Fsp3) is 1.00. The first-order valence-electron chi connectivity index (χ1n) is 4.71. The molecule has 0 saturated carbocycles. The van der Waals surface area contributed by atoms with Crippen LogP contribution in [0.2, 0.25) is 0 Å². The number of hydrogen-bond acceptors (Lipinski definition) is 8. The van der Waals surface area contributed by atoms with Crippen molar-refractivity contribution in [2.75, 3.05) is 23.0 Å². The Morgan fingerprint density at radius 3 is 1.25 bits per heavy atom. The Kier molecular flexibility index (Phi) is 11.0. The van der Waals surface area contributed by atoms with Crippen LogP contribution in [0.3, 0.4) is 0 Å². The number of hydrogen-bond donors (Lipinski definition) is 6. The SMILES string of the molecule is OC(CS)C(O)CSSCC(O)C(O)CS. The quantitative estimate of drug-likeness (QED) is 0.199. The summed E-state index contributed by atoms with van der Waals surface area (Å²) in [5.41, 5.74) is 0. The van der Waals surface area contributed by atoms with Gasteiger partial charge in [-0.15, -0.1) is 0 Å². The van der Waals surface area contributed by atoms with E-state index in [2.05, 4.69) is 25.3 Å². The predicted octanol–water partition coefficient (Wildman–Crippen LogP) is -0.329. The molecule has 16 heavy (non-hydrogen) atoms. The second-order valence-electron chi connectivity index (χ2n) is 3.20. The van der Waals surface area contributed by atoms with Crippen LogP contribution in [-0.2, 0) is 0 Å². The molecule has 0 saturated heterocycles. The lowest BCUT2D eigenvalue weighted by Gasteiger charge is -2.17. The highest BCUT2D eigenvalue weighted by Crippen LogP contribution is 2.24. The van der Waals surface area contributed by atoms with Gasteiger partial charge >= 0.3 is 0 Å². The Morgan fingerprint density at radius 2 is 1.00 bits per heavy atom. The number of thiol groups is 2. The third-order valence-corrected chi connectivity index (χ3v) is 5.01. The van der Waals surface area contributed by atoms with Gasteiger partial charge in [0.05, 0.1) is 24.4 Å². The van der Waals surface area contributed by atoms with Gasteiger partial charge in [0.15, 0.2) is 0 Å². The van der Waals surface area contributed by atoms with Crippen LogP contribution in [-0.4, -0.2) is 67.9 Å². The van der Waals surface area contributed by atoms with Crippen molar-refractivity contribution in [3.63, 3.8) is 0 Å². The van der Waals surface area contributed by atoms with E-state index in [1.165, 1.54) is 21.6 Å². The minimum Gasteiger partial charge on any atom is -0.390 e. The van der Waals surface area contributed by atoms with Crippen LogP contribution < -0.4 is 0 Å². The van der Waals surface area contributed by atoms with E-state index >= 15 is 0 Å². The largest absolute Gasteiger partial charge is 0.390 e. The first-order valence-corrected chi connectivity index (χ1v) is 8.46. The summed E-state index contributed by atoms with van der Waals surface area (Å²) in [7, 11) is 2.68. The average Bonchev–Trinajstić information content (AvgIpc) is 2.31. The molecule has 0 aliphatic heterocycles. The lowest BCUT2D eigenvalue weighted by molar-refractivity contribution is 0.0499. The van der Waals surface area contributed by atoms with Crippen molar-refractivity contribution in [2.45, 2.75) is 24.4 Å². The van der Waals surface area contributed by atoms with Crippen LogP contribution in [0.1, 0.15) is 0 Å². The number of aliphatic hydroxyl groups is 4. The Balaban J connectivity index is 3.52. The molecule has 0 fully saturated rings. The molecule has 4 nitrogen and oxygen atoms in total. The van der Waals surface area contributed by atoms with Crippen LogP contribution in [0, 0.1) is 0 Å². The molecule has 0 aromatic heterocycles. The van der Waals surface area contributed by atoms with Crippen LogP contribution in [0.25, 0.3) is 0 Å². The molecule has 0 radical (unpaired) electrons. The molecule has 4 atom stereocenters. The van der Waals surface area contributed by atoms with Gasteiger partial charge in [-0.25, -0.2) is 0 Å². The smallest absolute Gasteiger partial charge is 0.0905 e. The van der Waals surface area contributed by atoms with Crippen molar-refractivity contribution in [3.8, 4) is 0 Å². The zero-order valence-electron chi connectivity index (χ0n) is 8.64. The Labute approximate surface area is 114 Å². The van der Waals surface area contributed by atoms with E-state index in [-0.39, 0.29) is 11.5 Å². The third-order valence-electron chi connectivity index (χ3n) is 1.82. The van der Waals surface area contributed by atoms with Gasteiger partial charge in [0.25, 0.3) is 0 Å². The molecule has 0 aromatic rings. The van der Waals surface area contributed by atoms with E-state index < -0.39 is 24.4 Å². The molecular weight excluding hydrogens is 288 g/mol. The van der Waals surface area contributed by atoms with Gasteiger partial charge in [-0.05, 0) is 0 Å². The molecule has 4 unspecified atom stereocenters. The molecule has 0 amide bonds. The van der Waals surface area contributed by atoms with Crippen LogP contribution in [0.15, 0.2) is 0 Å². The zero-order chi connectivity index (χ0) is 12.6. The van der Waals surface area contributed by atoms with Crippen LogP contribution in [0.5, 0.6) is 0 Å². The summed E-state index contributed by atoms with van der Waals surface area (Å²) >= 11 is 7.73. The van der Waals surface area contributed by atoms with Crippen LogP contribution in [0.4, 0.5) is 0 Å². The third kappa shape index (κ3) is 7.54. The van der Waals surface area contributed by atoms with Crippen molar-refractivity contribution < 1.29 is 20.4 Å². The van der Waals surface area contributed by atoms with E-state index in [1.807, 2.05) is 0 Å². The molecule has 0 aromatic carbocycles. The van der Waals surface area contributed by atoms with Crippen molar-refractivity contribution in [1.82, 2.24) is 0 Å². The van der Waals surface area contributed by atoms with Crippen molar-refractivity contribution in [1.29, 1.82) is 0 Å². The molecule has 8 heteroatoms. The summed E-state index contributed by atoms with van der Waals surface area (Å²) in [5.74, 6) is 1.15. The molecule has 0 bridgehead atoms. The van der Waals surface area contributed by atoms with Gasteiger partial charge in [0.1, 0.15) is 0 Å². The fourth-order valence-electron chi connectivity index (χ4n) is 0.701. The number of rotatable bonds is 9. The van der Waals surface area contributed by atoms with E-state index in [4.69, 9.17) is 0 Å². The standard InChI is InChI=1S/C8H18O4S4/c9-5(1-13)7(11)3-15-16-4-8(12)6(10)2-14/h5-14H,1-4H2. The van der Waals surface area contributed by atoms with Gasteiger partial charge in [0.2, 0.25) is 0 Å². The van der Waals surface area contributed by atoms with Gasteiger partial charge in [-0.2, -0.15) is 25.3 Å². The van der Waals surface area contributed by atoms with Gasteiger partial charge in [0, 0.05) is 23.0 Å². The summed E-state index contributed by atoms with van der Waals surface area (Å²) < 4.78 is 0. The van der Waals surface area contributed by atoms with Crippen molar-refractivity contribution in [3.05, 3.63) is 0 Å². The zero-order valence-corrected chi connectivity index (χ0v) is 12.1. The lowest BCUT2D eigenvalue weighted by atomic mass is 10.3. The predicted molar refractivity (Wildman–Crippen MR) is 76.6 cm³/mol. The molecule has 0 heterocycles. The maximum atomic E-state index is 9.38. The minimum atomic E-state index is -0.829. The average molecular weight is 306 g/mol. The first-order chi connectivity index (χ1) is 7.52. The van der Waals surface area contributed by atoms with E-state index in [1.54, 1.807) is 0 Å². The van der Waals surface area contributed by atoms with Crippen molar-refractivity contribution in [2.24, 2.45) is 0 Å². The summed E-state index contributed by atoms with van der Waals surface area (Å²) in [6, 6.07) is 0. The highest BCUT2D eigenvalue weighted by atomic mass is 33.1. The first kappa shape index (κ1) is 17.2. The topological polar surface area (TPSA) is 80.9 Å². The van der Waals surface area contributed by atoms with Gasteiger partial charge < -0.3 is 20.4 Å². The van der Waals surface area contributed by atoms with Crippen LogP contribution >= 0.6 is 46.8 Å². The second kappa shape index (κ2) is 10.2. The highest BCUT2D eigenvalue weighted by molar-refractivity contribution is 8.76. The monoisotopic (exact) mass is 306 g/mol. The van der Waals surface area contributed by atoms with E-state index in [0.717, 1.165) is 0 Å². The fourth-order valence-corrected chi connectivity index (χ4v) is 3.52. The molecule has 0 aliphatic rings. The molecular formula is C8H18O4S4. The second-order valence-corrected chi connectivity index (χ2v) is 6.49. The number of aliphatic hydroxyl groups excluding tert-OH is 4.